The van der Waals surface area contributed by atoms with Crippen molar-refractivity contribution in [2.24, 2.45) is 5.92 Å². The number of ether oxygens (including phenoxy) is 2. The lowest BCUT2D eigenvalue weighted by molar-refractivity contribution is -0.149. The van der Waals surface area contributed by atoms with Gasteiger partial charge in [0.2, 0.25) is 11.8 Å². The molecule has 2 atom stereocenters. The molecule has 0 saturated carbocycles. The number of carbonyl (C=O) groups excluding carboxylic acids is 2. The third-order valence-electron chi connectivity index (χ3n) is 4.78. The molecule has 0 spiro atoms. The van der Waals surface area contributed by atoms with Crippen molar-refractivity contribution in [3.63, 3.8) is 0 Å². The van der Waals surface area contributed by atoms with Crippen molar-refractivity contribution in [3.8, 4) is 5.75 Å². The first-order chi connectivity index (χ1) is 13.0. The summed E-state index contributed by atoms with van der Waals surface area (Å²) in [6.45, 7) is 3.62. The third-order valence-corrected chi connectivity index (χ3v) is 4.78. The summed E-state index contributed by atoms with van der Waals surface area (Å²) >= 11 is 0. The lowest BCUT2D eigenvalue weighted by atomic mass is 10.1. The van der Waals surface area contributed by atoms with Crippen LogP contribution >= 0.6 is 0 Å². The van der Waals surface area contributed by atoms with Crippen LogP contribution in [0.2, 0.25) is 0 Å². The first kappa shape index (κ1) is 19.2. The highest BCUT2D eigenvalue weighted by Crippen LogP contribution is 2.33. The number of benzene rings is 1. The highest BCUT2D eigenvalue weighted by Gasteiger charge is 2.39. The first-order valence-corrected chi connectivity index (χ1v) is 9.14. The molecule has 1 N–H and O–H groups in total. The van der Waals surface area contributed by atoms with E-state index >= 15 is 0 Å². The molecular weight excluding hydrogens is 352 g/mol. The molecule has 2 heterocycles. The van der Waals surface area contributed by atoms with E-state index in [9.17, 15) is 14.4 Å². The number of anilines is 1. The van der Waals surface area contributed by atoms with Gasteiger partial charge in [-0.2, -0.15) is 0 Å². The monoisotopic (exact) mass is 376 g/mol. The van der Waals surface area contributed by atoms with Crippen LogP contribution in [0.15, 0.2) is 24.3 Å². The largest absolute Gasteiger partial charge is 0.492 e. The van der Waals surface area contributed by atoms with Crippen molar-refractivity contribution in [2.45, 2.75) is 25.9 Å². The fourth-order valence-corrected chi connectivity index (χ4v) is 3.56. The SMILES string of the molecule is CCOc1ccccc1N1C[C@H](C(=O)N2CCO[C@@H](CC(=O)O)C2)CC1=O. The van der Waals surface area contributed by atoms with Crippen LogP contribution in [0.1, 0.15) is 19.8 Å². The number of rotatable bonds is 6. The topological polar surface area (TPSA) is 96.4 Å². The zero-order valence-electron chi connectivity index (χ0n) is 15.3. The second-order valence-electron chi connectivity index (χ2n) is 6.68. The number of carbonyl (C=O) groups is 3. The third kappa shape index (κ3) is 4.39. The van der Waals surface area contributed by atoms with Crippen molar-refractivity contribution in [2.75, 3.05) is 37.7 Å². The van der Waals surface area contributed by atoms with Gasteiger partial charge in [0.15, 0.2) is 0 Å². The van der Waals surface area contributed by atoms with Gasteiger partial charge in [-0.25, -0.2) is 0 Å². The van der Waals surface area contributed by atoms with Gasteiger partial charge in [0.05, 0.1) is 37.3 Å². The van der Waals surface area contributed by atoms with E-state index in [1.807, 2.05) is 25.1 Å². The summed E-state index contributed by atoms with van der Waals surface area (Å²) in [5, 5.41) is 8.92. The predicted molar refractivity (Wildman–Crippen MR) is 96.6 cm³/mol. The van der Waals surface area contributed by atoms with E-state index < -0.39 is 18.0 Å². The number of morpholine rings is 1. The minimum atomic E-state index is -0.955. The quantitative estimate of drug-likeness (QED) is 0.800. The van der Waals surface area contributed by atoms with Crippen molar-refractivity contribution in [3.05, 3.63) is 24.3 Å². The molecule has 1 aromatic carbocycles. The van der Waals surface area contributed by atoms with Gasteiger partial charge in [-0.1, -0.05) is 12.1 Å². The van der Waals surface area contributed by atoms with Crippen LogP contribution in [-0.4, -0.2) is 66.7 Å². The molecule has 0 aliphatic carbocycles. The minimum Gasteiger partial charge on any atom is -0.492 e. The molecular formula is C19H24N2O6. The lowest BCUT2D eigenvalue weighted by Crippen LogP contribution is -2.48. The number of hydrogen-bond acceptors (Lipinski definition) is 5. The Morgan fingerprint density at radius 1 is 1.30 bits per heavy atom. The number of amides is 2. The normalized spacial score (nSPS) is 22.8. The van der Waals surface area contributed by atoms with E-state index in [0.29, 0.717) is 37.7 Å². The van der Waals surface area contributed by atoms with Gasteiger partial charge in [-0.3, -0.25) is 14.4 Å². The molecule has 2 fully saturated rings. The standard InChI is InChI=1S/C19H24N2O6/c1-2-26-16-6-4-3-5-15(16)21-11-13(9-17(21)22)19(25)20-7-8-27-14(12-20)10-18(23)24/h3-6,13-14H,2,7-12H2,1H3,(H,23,24)/t13-,14+/m1/s1. The van der Waals surface area contributed by atoms with Crippen molar-refractivity contribution >= 4 is 23.5 Å². The van der Waals surface area contributed by atoms with Gasteiger partial charge >= 0.3 is 5.97 Å². The minimum absolute atomic E-state index is 0.115. The maximum atomic E-state index is 12.9. The Labute approximate surface area is 157 Å². The van der Waals surface area contributed by atoms with Gasteiger partial charge in [0.25, 0.3) is 0 Å². The van der Waals surface area contributed by atoms with E-state index in [1.54, 1.807) is 15.9 Å². The summed E-state index contributed by atoms with van der Waals surface area (Å²) < 4.78 is 11.0. The Morgan fingerprint density at radius 3 is 2.81 bits per heavy atom. The van der Waals surface area contributed by atoms with E-state index in [4.69, 9.17) is 14.6 Å². The number of nitrogens with zero attached hydrogens (tertiary/aromatic N) is 2. The van der Waals surface area contributed by atoms with E-state index in [-0.39, 0.29) is 31.2 Å². The number of hydrogen-bond donors (Lipinski definition) is 1. The summed E-state index contributed by atoms with van der Waals surface area (Å²) in [6.07, 6.45) is -0.506. The first-order valence-electron chi connectivity index (χ1n) is 9.14. The van der Waals surface area contributed by atoms with Crippen LogP contribution in [-0.2, 0) is 19.1 Å². The zero-order chi connectivity index (χ0) is 19.4. The molecule has 8 nitrogen and oxygen atoms in total. The fourth-order valence-electron chi connectivity index (χ4n) is 3.56. The van der Waals surface area contributed by atoms with Crippen molar-refractivity contribution < 1.29 is 29.0 Å². The summed E-state index contributed by atoms with van der Waals surface area (Å²) in [6, 6.07) is 7.29. The summed E-state index contributed by atoms with van der Waals surface area (Å²) in [5.41, 5.74) is 0.672. The molecule has 2 amide bonds. The second kappa shape index (κ2) is 8.39. The molecule has 2 aliphatic rings. The van der Waals surface area contributed by atoms with Crippen LogP contribution in [0.3, 0.4) is 0 Å². The lowest BCUT2D eigenvalue weighted by Gasteiger charge is -2.33. The molecule has 8 heteroatoms. The van der Waals surface area contributed by atoms with Crippen LogP contribution in [0.4, 0.5) is 5.69 Å². The average Bonchev–Trinajstić information content (AvgIpc) is 3.03. The average molecular weight is 376 g/mol. The van der Waals surface area contributed by atoms with E-state index in [1.165, 1.54) is 0 Å². The van der Waals surface area contributed by atoms with Crippen molar-refractivity contribution in [1.82, 2.24) is 4.90 Å². The van der Waals surface area contributed by atoms with Gasteiger partial charge in [-0.15, -0.1) is 0 Å². The van der Waals surface area contributed by atoms with Gasteiger partial charge < -0.3 is 24.4 Å². The highest BCUT2D eigenvalue weighted by atomic mass is 16.5. The second-order valence-corrected chi connectivity index (χ2v) is 6.68. The molecule has 0 aromatic heterocycles. The fraction of sp³-hybridized carbons (Fsp3) is 0.526. The van der Waals surface area contributed by atoms with Crippen LogP contribution in [0, 0.1) is 5.92 Å². The Kier molecular flexibility index (Phi) is 5.95. The highest BCUT2D eigenvalue weighted by molar-refractivity contribution is 6.01. The van der Waals surface area contributed by atoms with Gasteiger partial charge in [0.1, 0.15) is 5.75 Å². The molecule has 2 saturated heterocycles. The Morgan fingerprint density at radius 2 is 2.07 bits per heavy atom. The zero-order valence-corrected chi connectivity index (χ0v) is 15.3. The summed E-state index contributed by atoms with van der Waals surface area (Å²) in [5.74, 6) is -1.02. The number of para-hydroxylation sites is 2. The molecule has 0 unspecified atom stereocenters. The maximum Gasteiger partial charge on any atom is 0.306 e. The van der Waals surface area contributed by atoms with Gasteiger partial charge in [0, 0.05) is 26.1 Å². The molecule has 3 rings (SSSR count). The Hall–Kier alpha value is -2.61. The molecule has 0 bridgehead atoms. The van der Waals surface area contributed by atoms with Crippen LogP contribution < -0.4 is 9.64 Å². The predicted octanol–water partition coefficient (Wildman–Crippen LogP) is 1.14. The van der Waals surface area contributed by atoms with Gasteiger partial charge in [-0.05, 0) is 19.1 Å². The summed E-state index contributed by atoms with van der Waals surface area (Å²) in [4.78, 5) is 39.5. The smallest absolute Gasteiger partial charge is 0.306 e. The molecule has 27 heavy (non-hydrogen) atoms. The van der Waals surface area contributed by atoms with Crippen molar-refractivity contribution in [1.29, 1.82) is 0 Å². The number of carboxylic acids is 1. The molecule has 1 aromatic rings. The summed E-state index contributed by atoms with van der Waals surface area (Å²) in [7, 11) is 0. The molecule has 2 aliphatic heterocycles. The van der Waals surface area contributed by atoms with Crippen LogP contribution in [0.5, 0.6) is 5.75 Å². The number of aliphatic carboxylic acids is 1. The Bertz CT molecular complexity index is 722. The van der Waals surface area contributed by atoms with E-state index in [0.717, 1.165) is 0 Å². The molecule has 0 radical (unpaired) electrons. The molecule has 146 valence electrons. The van der Waals surface area contributed by atoms with Crippen LogP contribution in [0.25, 0.3) is 0 Å². The van der Waals surface area contributed by atoms with E-state index in [2.05, 4.69) is 0 Å². The maximum absolute atomic E-state index is 12.9. The Balaban J connectivity index is 1.68. The number of carboxylic acid groups (broad SMARTS) is 1.